The first-order valence-corrected chi connectivity index (χ1v) is 11.4. The van der Waals surface area contributed by atoms with Crippen LogP contribution in [0.25, 0.3) is 17.0 Å². The van der Waals surface area contributed by atoms with Crippen molar-refractivity contribution in [2.75, 3.05) is 11.9 Å². The first-order valence-electron chi connectivity index (χ1n) is 11.4. The van der Waals surface area contributed by atoms with Crippen molar-refractivity contribution < 1.29 is 28.7 Å². The summed E-state index contributed by atoms with van der Waals surface area (Å²) in [7, 11) is 0. The monoisotopic (exact) mass is 498 g/mol. The molecule has 1 fully saturated rings. The normalized spacial score (nSPS) is 14.4. The lowest BCUT2D eigenvalue weighted by Gasteiger charge is -2.12. The first kappa shape index (κ1) is 23.6. The summed E-state index contributed by atoms with van der Waals surface area (Å²) in [6, 6.07) is 17.0. The molecular weight excluding hydrogens is 476 g/mol. The number of benzene rings is 2. The Kier molecular flexibility index (Phi) is 6.06. The summed E-state index contributed by atoms with van der Waals surface area (Å²) < 4.78 is 7.24. The van der Waals surface area contributed by atoms with E-state index >= 15 is 0 Å². The van der Waals surface area contributed by atoms with Gasteiger partial charge in [-0.25, -0.2) is 14.5 Å². The fourth-order valence-electron chi connectivity index (χ4n) is 4.20. The van der Waals surface area contributed by atoms with Gasteiger partial charge in [-0.15, -0.1) is 0 Å². The smallest absolute Gasteiger partial charge is 0.371 e. The van der Waals surface area contributed by atoms with Gasteiger partial charge in [0.2, 0.25) is 11.7 Å². The van der Waals surface area contributed by atoms with Gasteiger partial charge in [0.1, 0.15) is 18.0 Å². The van der Waals surface area contributed by atoms with E-state index in [-0.39, 0.29) is 18.0 Å². The Labute approximate surface area is 210 Å². The van der Waals surface area contributed by atoms with Gasteiger partial charge in [0.25, 0.3) is 5.91 Å². The molecule has 1 saturated heterocycles. The topological polar surface area (TPSA) is 134 Å². The molecule has 0 aliphatic carbocycles. The standard InChI is InChI=1S/C27H22N4O6/c1-16-5-4-6-18(11-16)28-24(32)15-31-25(33)21(29-27(31)36)12-17-13-30(22-8-3-2-7-20(17)22)14-19-9-10-23(37-19)26(34)35/h2-13H,14-15H2,1H3,(H,28,32)(H,29,36)(H,34,35)/b21-12-. The van der Waals surface area contributed by atoms with Gasteiger partial charge in [-0.1, -0.05) is 30.3 Å². The molecule has 186 valence electrons. The number of aromatic carboxylic acids is 1. The SMILES string of the molecule is Cc1cccc(NC(=O)CN2C(=O)N/C(=C\c3cn(Cc4ccc(C(=O)O)o4)c4ccccc34)C2=O)c1. The summed E-state index contributed by atoms with van der Waals surface area (Å²) in [4.78, 5) is 49.9. The summed E-state index contributed by atoms with van der Waals surface area (Å²) >= 11 is 0. The number of rotatable bonds is 7. The van der Waals surface area contributed by atoms with Crippen molar-refractivity contribution in [2.45, 2.75) is 13.5 Å². The number of carbonyl (C=O) groups is 4. The Bertz CT molecular complexity index is 1600. The number of hydrogen-bond donors (Lipinski definition) is 3. The predicted octanol–water partition coefficient (Wildman–Crippen LogP) is 3.82. The summed E-state index contributed by atoms with van der Waals surface area (Å²) in [5.41, 5.74) is 3.07. The van der Waals surface area contributed by atoms with Gasteiger partial charge in [0.15, 0.2) is 0 Å². The number of amides is 4. The Morgan fingerprint density at radius 3 is 2.65 bits per heavy atom. The van der Waals surface area contributed by atoms with Crippen molar-refractivity contribution in [2.24, 2.45) is 0 Å². The number of nitrogens with one attached hydrogen (secondary N) is 2. The zero-order valence-corrected chi connectivity index (χ0v) is 19.7. The maximum Gasteiger partial charge on any atom is 0.371 e. The summed E-state index contributed by atoms with van der Waals surface area (Å²) in [6.45, 7) is 1.73. The highest BCUT2D eigenvalue weighted by Gasteiger charge is 2.35. The average molecular weight is 498 g/mol. The summed E-state index contributed by atoms with van der Waals surface area (Å²) in [5, 5.41) is 15.2. The Morgan fingerprint density at radius 1 is 1.08 bits per heavy atom. The number of carboxylic acids is 1. The molecule has 10 heteroatoms. The van der Waals surface area contributed by atoms with Crippen LogP contribution in [0.3, 0.4) is 0 Å². The van der Waals surface area contributed by atoms with Crippen molar-refractivity contribution in [3.05, 3.63) is 95.2 Å². The molecule has 3 heterocycles. The molecule has 1 aliphatic rings. The minimum absolute atomic E-state index is 0.0439. The molecule has 0 atom stereocenters. The molecule has 5 rings (SSSR count). The Balaban J connectivity index is 1.37. The van der Waals surface area contributed by atoms with Crippen molar-refractivity contribution >= 4 is 46.5 Å². The zero-order valence-electron chi connectivity index (χ0n) is 19.7. The van der Waals surface area contributed by atoms with Crippen LogP contribution >= 0.6 is 0 Å². The van der Waals surface area contributed by atoms with E-state index in [1.807, 2.05) is 41.8 Å². The van der Waals surface area contributed by atoms with Crippen molar-refractivity contribution in [1.82, 2.24) is 14.8 Å². The average Bonchev–Trinajstić information content (AvgIpc) is 3.53. The predicted molar refractivity (Wildman–Crippen MR) is 135 cm³/mol. The lowest BCUT2D eigenvalue weighted by Crippen LogP contribution is -2.38. The third kappa shape index (κ3) is 4.85. The molecule has 3 N–H and O–H groups in total. The number of anilines is 1. The van der Waals surface area contributed by atoms with Crippen LogP contribution in [0.2, 0.25) is 0 Å². The fourth-order valence-corrected chi connectivity index (χ4v) is 4.20. The van der Waals surface area contributed by atoms with Gasteiger partial charge in [0, 0.05) is 28.4 Å². The number of hydrogen-bond acceptors (Lipinski definition) is 5. The number of carbonyl (C=O) groups excluding carboxylic acids is 3. The van der Waals surface area contributed by atoms with E-state index in [0.29, 0.717) is 17.0 Å². The second-order valence-corrected chi connectivity index (χ2v) is 8.60. The molecule has 0 radical (unpaired) electrons. The van der Waals surface area contributed by atoms with Gasteiger partial charge >= 0.3 is 12.0 Å². The van der Waals surface area contributed by atoms with Crippen LogP contribution in [0.5, 0.6) is 0 Å². The van der Waals surface area contributed by atoms with Crippen LogP contribution < -0.4 is 10.6 Å². The lowest BCUT2D eigenvalue weighted by atomic mass is 10.1. The number of fused-ring (bicyclic) bond motifs is 1. The van der Waals surface area contributed by atoms with Crippen molar-refractivity contribution in [3.63, 3.8) is 0 Å². The molecule has 4 amide bonds. The molecule has 0 bridgehead atoms. The molecule has 37 heavy (non-hydrogen) atoms. The molecule has 0 spiro atoms. The quantitative estimate of drug-likeness (QED) is 0.262. The first-order chi connectivity index (χ1) is 17.8. The number of aryl methyl sites for hydroxylation is 1. The van der Waals surface area contributed by atoms with Gasteiger partial charge in [-0.2, -0.15) is 0 Å². The fraction of sp³-hybridized carbons (Fsp3) is 0.111. The third-order valence-corrected chi connectivity index (χ3v) is 5.88. The highest BCUT2D eigenvalue weighted by Crippen LogP contribution is 2.26. The van der Waals surface area contributed by atoms with Crippen molar-refractivity contribution in [3.8, 4) is 0 Å². The van der Waals surface area contributed by atoms with Gasteiger partial charge in [-0.3, -0.25) is 9.59 Å². The maximum absolute atomic E-state index is 13.0. The minimum Gasteiger partial charge on any atom is -0.475 e. The number of furan rings is 1. The molecule has 0 saturated carbocycles. The molecule has 10 nitrogen and oxygen atoms in total. The molecular formula is C27H22N4O6. The molecule has 1 aliphatic heterocycles. The van der Waals surface area contributed by atoms with Crippen LogP contribution in [0.4, 0.5) is 10.5 Å². The van der Waals surface area contributed by atoms with Crippen LogP contribution in [-0.4, -0.2) is 44.9 Å². The number of nitrogens with zero attached hydrogens (tertiary/aromatic N) is 2. The van der Waals surface area contributed by atoms with Crippen LogP contribution in [-0.2, 0) is 16.1 Å². The summed E-state index contributed by atoms with van der Waals surface area (Å²) in [5.74, 6) is -1.96. The van der Waals surface area contributed by atoms with E-state index in [1.54, 1.807) is 36.5 Å². The van der Waals surface area contributed by atoms with Crippen LogP contribution in [0, 0.1) is 6.92 Å². The highest BCUT2D eigenvalue weighted by atomic mass is 16.4. The van der Waals surface area contributed by atoms with E-state index in [0.717, 1.165) is 21.4 Å². The van der Waals surface area contributed by atoms with E-state index in [1.165, 1.54) is 6.07 Å². The molecule has 0 unspecified atom stereocenters. The molecule has 4 aromatic rings. The van der Waals surface area contributed by atoms with E-state index in [4.69, 9.17) is 9.52 Å². The second kappa shape index (κ2) is 9.50. The molecule has 2 aromatic carbocycles. The van der Waals surface area contributed by atoms with Gasteiger partial charge in [0.05, 0.1) is 6.54 Å². The highest BCUT2D eigenvalue weighted by molar-refractivity contribution is 6.16. The van der Waals surface area contributed by atoms with E-state index in [2.05, 4.69) is 10.6 Å². The Hall–Kier alpha value is -5.12. The van der Waals surface area contributed by atoms with Gasteiger partial charge < -0.3 is 24.7 Å². The number of aromatic nitrogens is 1. The van der Waals surface area contributed by atoms with Gasteiger partial charge in [-0.05, 0) is 48.9 Å². The van der Waals surface area contributed by atoms with E-state index < -0.39 is 30.4 Å². The van der Waals surface area contributed by atoms with Crippen LogP contribution in [0.15, 0.2) is 77.0 Å². The number of carboxylic acid groups (broad SMARTS) is 1. The maximum atomic E-state index is 13.0. The third-order valence-electron chi connectivity index (χ3n) is 5.88. The summed E-state index contributed by atoms with van der Waals surface area (Å²) in [6.07, 6.45) is 3.34. The lowest BCUT2D eigenvalue weighted by molar-refractivity contribution is -0.127. The van der Waals surface area contributed by atoms with E-state index in [9.17, 15) is 19.2 Å². The van der Waals surface area contributed by atoms with Crippen LogP contribution in [0.1, 0.15) is 27.4 Å². The molecule has 2 aromatic heterocycles. The number of para-hydroxylation sites is 1. The van der Waals surface area contributed by atoms with Crippen molar-refractivity contribution in [1.29, 1.82) is 0 Å². The number of urea groups is 1. The Morgan fingerprint density at radius 2 is 1.89 bits per heavy atom. The number of imide groups is 1. The second-order valence-electron chi connectivity index (χ2n) is 8.60. The zero-order chi connectivity index (χ0) is 26.1. The largest absolute Gasteiger partial charge is 0.475 e. The minimum atomic E-state index is -1.15.